The van der Waals surface area contributed by atoms with Crippen molar-refractivity contribution in [2.75, 3.05) is 7.11 Å². The van der Waals surface area contributed by atoms with Gasteiger partial charge in [-0.3, -0.25) is 9.59 Å². The normalized spacial score (nSPS) is 12.2. The third kappa shape index (κ3) is 9.14. The molecule has 176 valence electrons. The van der Waals surface area contributed by atoms with Gasteiger partial charge in [0.25, 0.3) is 0 Å². The molecule has 0 unspecified atom stereocenters. The van der Waals surface area contributed by atoms with Gasteiger partial charge in [-0.25, -0.2) is 9.59 Å². The third-order valence-corrected chi connectivity index (χ3v) is 5.01. The number of alkyl carbamates (subject to hydrolysis) is 1. The molecule has 0 aliphatic heterocycles. The van der Waals surface area contributed by atoms with Crippen molar-refractivity contribution in [3.05, 3.63) is 71.8 Å². The highest BCUT2D eigenvalue weighted by Crippen LogP contribution is 2.08. The van der Waals surface area contributed by atoms with Gasteiger partial charge in [-0.05, 0) is 17.5 Å². The molecule has 8 nitrogen and oxygen atoms in total. The van der Waals surface area contributed by atoms with Crippen LogP contribution in [0.4, 0.5) is 4.79 Å². The fourth-order valence-corrected chi connectivity index (χ4v) is 3.11. The summed E-state index contributed by atoms with van der Waals surface area (Å²) in [4.78, 5) is 49.3. The van der Waals surface area contributed by atoms with Crippen LogP contribution in [-0.4, -0.2) is 42.9 Å². The summed E-state index contributed by atoms with van der Waals surface area (Å²) >= 11 is 0. The van der Waals surface area contributed by atoms with E-state index in [1.807, 2.05) is 60.7 Å². The highest BCUT2D eigenvalue weighted by atomic mass is 16.5. The van der Waals surface area contributed by atoms with Gasteiger partial charge in [0.15, 0.2) is 0 Å². The lowest BCUT2D eigenvalue weighted by Gasteiger charge is -2.22. The Kier molecular flexibility index (Phi) is 10.6. The summed E-state index contributed by atoms with van der Waals surface area (Å²) in [6, 6.07) is 16.3. The van der Waals surface area contributed by atoms with Crippen LogP contribution in [0.1, 0.15) is 37.3 Å². The largest absolute Gasteiger partial charge is 0.467 e. The number of benzene rings is 2. The molecule has 0 saturated carbocycles. The second-order valence-electron chi connectivity index (χ2n) is 7.46. The zero-order chi connectivity index (χ0) is 24.1. The summed E-state index contributed by atoms with van der Waals surface area (Å²) < 4.78 is 10.0. The molecular formula is C25H30N2O6. The van der Waals surface area contributed by atoms with E-state index in [4.69, 9.17) is 9.47 Å². The van der Waals surface area contributed by atoms with Crippen LogP contribution in [0.2, 0.25) is 0 Å². The molecule has 0 bridgehead atoms. The number of methoxy groups -OCH3 is 1. The van der Waals surface area contributed by atoms with Gasteiger partial charge in [-0.1, -0.05) is 67.6 Å². The summed E-state index contributed by atoms with van der Waals surface area (Å²) in [5, 5.41) is 5.19. The third-order valence-electron chi connectivity index (χ3n) is 5.01. The molecule has 2 amide bonds. The van der Waals surface area contributed by atoms with E-state index in [0.29, 0.717) is 6.42 Å². The van der Waals surface area contributed by atoms with E-state index in [1.165, 1.54) is 7.11 Å². The van der Waals surface area contributed by atoms with Crippen molar-refractivity contribution >= 4 is 23.8 Å². The van der Waals surface area contributed by atoms with Crippen molar-refractivity contribution in [1.29, 1.82) is 0 Å². The van der Waals surface area contributed by atoms with Gasteiger partial charge >= 0.3 is 12.1 Å². The number of amides is 2. The summed E-state index contributed by atoms with van der Waals surface area (Å²) in [6.45, 7) is 1.78. The molecule has 0 aliphatic carbocycles. The summed E-state index contributed by atoms with van der Waals surface area (Å²) in [7, 11) is 1.21. The average Bonchev–Trinajstić information content (AvgIpc) is 2.85. The molecule has 0 fully saturated rings. The Morgan fingerprint density at radius 2 is 1.45 bits per heavy atom. The van der Waals surface area contributed by atoms with Gasteiger partial charge in [-0.15, -0.1) is 0 Å². The van der Waals surface area contributed by atoms with Crippen LogP contribution in [0.25, 0.3) is 0 Å². The first-order valence-corrected chi connectivity index (χ1v) is 10.8. The maximum absolute atomic E-state index is 13.0. The van der Waals surface area contributed by atoms with Crippen LogP contribution < -0.4 is 10.6 Å². The maximum atomic E-state index is 13.0. The zero-order valence-corrected chi connectivity index (χ0v) is 18.9. The van der Waals surface area contributed by atoms with Crippen LogP contribution in [0.5, 0.6) is 0 Å². The lowest BCUT2D eigenvalue weighted by Crippen LogP contribution is -2.52. The fourth-order valence-electron chi connectivity index (χ4n) is 3.11. The highest BCUT2D eigenvalue weighted by molar-refractivity contribution is 5.90. The Morgan fingerprint density at radius 3 is 2.03 bits per heavy atom. The highest BCUT2D eigenvalue weighted by Gasteiger charge is 2.28. The van der Waals surface area contributed by atoms with E-state index in [9.17, 15) is 19.2 Å². The second kappa shape index (κ2) is 13.7. The summed E-state index contributed by atoms with van der Waals surface area (Å²) in [5.41, 5.74) is 1.62. The van der Waals surface area contributed by atoms with E-state index in [-0.39, 0.29) is 31.7 Å². The van der Waals surface area contributed by atoms with Crippen molar-refractivity contribution in [3.8, 4) is 0 Å². The van der Waals surface area contributed by atoms with Gasteiger partial charge < -0.3 is 20.1 Å². The second-order valence-corrected chi connectivity index (χ2v) is 7.46. The smallest absolute Gasteiger partial charge is 0.408 e. The molecule has 2 atom stereocenters. The van der Waals surface area contributed by atoms with E-state index >= 15 is 0 Å². The number of nitrogens with one attached hydrogen (secondary N) is 2. The Labute approximate surface area is 193 Å². The van der Waals surface area contributed by atoms with E-state index in [0.717, 1.165) is 11.1 Å². The van der Waals surface area contributed by atoms with E-state index in [2.05, 4.69) is 10.6 Å². The SMILES string of the molecule is CCC(=O)CC[C@@H](NC(=O)[C@@H](Cc1ccccc1)NC(=O)OCc1ccccc1)C(=O)OC. The molecule has 2 N–H and O–H groups in total. The van der Waals surface area contributed by atoms with Gasteiger partial charge in [0, 0.05) is 19.3 Å². The number of esters is 1. The first kappa shape index (κ1) is 25.6. The lowest BCUT2D eigenvalue weighted by atomic mass is 10.0. The predicted octanol–water partition coefficient (Wildman–Crippen LogP) is 2.94. The average molecular weight is 455 g/mol. The first-order valence-electron chi connectivity index (χ1n) is 10.8. The van der Waals surface area contributed by atoms with Gasteiger partial charge in [-0.2, -0.15) is 0 Å². The quantitative estimate of drug-likeness (QED) is 0.477. The number of rotatable bonds is 12. The van der Waals surface area contributed by atoms with E-state index in [1.54, 1.807) is 6.92 Å². The summed E-state index contributed by atoms with van der Waals surface area (Å²) in [5.74, 6) is -1.26. The number of hydrogen-bond acceptors (Lipinski definition) is 6. The number of carbonyl (C=O) groups is 4. The Balaban J connectivity index is 2.08. The molecule has 0 aliphatic rings. The molecular weight excluding hydrogens is 424 g/mol. The Morgan fingerprint density at radius 1 is 0.848 bits per heavy atom. The minimum Gasteiger partial charge on any atom is -0.467 e. The van der Waals surface area contributed by atoms with Crippen LogP contribution >= 0.6 is 0 Å². The molecule has 33 heavy (non-hydrogen) atoms. The Bertz CT molecular complexity index is 917. The molecule has 0 saturated heterocycles. The van der Waals surface area contributed by atoms with E-state index < -0.39 is 30.1 Å². The van der Waals surface area contributed by atoms with Crippen LogP contribution in [-0.2, 0) is 36.9 Å². The number of hydrogen-bond donors (Lipinski definition) is 2. The molecule has 2 rings (SSSR count). The number of ether oxygens (including phenoxy) is 2. The number of Topliss-reactive ketones (excluding diaryl/α,β-unsaturated/α-hetero) is 1. The van der Waals surface area contributed by atoms with Crippen molar-refractivity contribution < 1.29 is 28.7 Å². The minimum absolute atomic E-state index is 0.0263. The lowest BCUT2D eigenvalue weighted by molar-refractivity contribution is -0.145. The monoisotopic (exact) mass is 454 g/mol. The van der Waals surface area contributed by atoms with Crippen molar-refractivity contribution in [2.45, 2.75) is 51.3 Å². The minimum atomic E-state index is -1.00. The van der Waals surface area contributed by atoms with Gasteiger partial charge in [0.05, 0.1) is 7.11 Å². The number of carbonyl (C=O) groups excluding carboxylic acids is 4. The van der Waals surface area contributed by atoms with Crippen molar-refractivity contribution in [2.24, 2.45) is 0 Å². The molecule has 0 radical (unpaired) electrons. The van der Waals surface area contributed by atoms with Crippen molar-refractivity contribution in [1.82, 2.24) is 10.6 Å². The first-order chi connectivity index (χ1) is 15.9. The molecule has 0 spiro atoms. The zero-order valence-electron chi connectivity index (χ0n) is 18.9. The molecule has 2 aromatic rings. The van der Waals surface area contributed by atoms with Crippen LogP contribution in [0.3, 0.4) is 0 Å². The number of ketones is 1. The topological polar surface area (TPSA) is 111 Å². The maximum Gasteiger partial charge on any atom is 0.408 e. The fraction of sp³-hybridized carbons (Fsp3) is 0.360. The van der Waals surface area contributed by atoms with Crippen molar-refractivity contribution in [3.63, 3.8) is 0 Å². The molecule has 2 aromatic carbocycles. The summed E-state index contributed by atoms with van der Waals surface area (Å²) in [6.07, 6.45) is 0.0154. The predicted molar refractivity (Wildman–Crippen MR) is 122 cm³/mol. The molecule has 0 heterocycles. The molecule has 0 aromatic heterocycles. The van der Waals surface area contributed by atoms with Gasteiger partial charge in [0.1, 0.15) is 24.5 Å². The van der Waals surface area contributed by atoms with Crippen LogP contribution in [0.15, 0.2) is 60.7 Å². The Hall–Kier alpha value is -3.68. The van der Waals surface area contributed by atoms with Crippen LogP contribution in [0, 0.1) is 0 Å². The molecule has 8 heteroatoms. The standard InChI is InChI=1S/C25H30N2O6/c1-3-20(28)14-15-21(24(30)32-2)26-23(29)22(16-18-10-6-4-7-11-18)27-25(31)33-17-19-12-8-5-9-13-19/h4-13,21-22H,3,14-17H2,1-2H3,(H,26,29)(H,27,31)/t21-,22-/m1/s1. The van der Waals surface area contributed by atoms with Gasteiger partial charge in [0.2, 0.25) is 5.91 Å².